The number of benzene rings is 2. The molecule has 0 aliphatic carbocycles. The average Bonchev–Trinajstić information content (AvgIpc) is 3.03. The molecule has 0 spiro atoms. The second kappa shape index (κ2) is 7.82. The van der Waals surface area contributed by atoms with E-state index in [1.54, 1.807) is 24.3 Å². The number of hydrogen-bond donors (Lipinski definition) is 1. The summed E-state index contributed by atoms with van der Waals surface area (Å²) in [5.41, 5.74) is 2.65. The van der Waals surface area contributed by atoms with Gasteiger partial charge in [-0.1, -0.05) is 13.3 Å². The Balaban J connectivity index is 1.78. The number of nitrogens with zero attached hydrogens (tertiary/aromatic N) is 3. The summed E-state index contributed by atoms with van der Waals surface area (Å²) in [4.78, 5) is 2.30. The van der Waals surface area contributed by atoms with Crippen molar-refractivity contribution in [2.24, 2.45) is 0 Å². The fraction of sp³-hybridized carbons (Fsp3) is 0.300. The highest BCUT2D eigenvalue weighted by molar-refractivity contribution is 5.82. The monoisotopic (exact) mass is 334 g/mol. The van der Waals surface area contributed by atoms with Crippen molar-refractivity contribution in [3.8, 4) is 17.6 Å². The van der Waals surface area contributed by atoms with Crippen molar-refractivity contribution in [3.63, 3.8) is 0 Å². The maximum absolute atomic E-state index is 8.86. The van der Waals surface area contributed by atoms with Gasteiger partial charge in [0.1, 0.15) is 11.5 Å². The third kappa shape index (κ3) is 4.17. The van der Waals surface area contributed by atoms with Gasteiger partial charge in [0.05, 0.1) is 22.8 Å². The molecule has 0 aliphatic rings. The number of rotatable bonds is 7. The van der Waals surface area contributed by atoms with Gasteiger partial charge >= 0.3 is 0 Å². The van der Waals surface area contributed by atoms with E-state index in [2.05, 4.69) is 35.1 Å². The molecule has 0 atom stereocenters. The van der Waals surface area contributed by atoms with Crippen LogP contribution in [0.2, 0.25) is 0 Å². The minimum atomic E-state index is 0.620. The maximum Gasteiger partial charge on any atom is 0.128 e. The molecule has 0 unspecified atom stereocenters. The Morgan fingerprint density at radius 2 is 1.92 bits per heavy atom. The van der Waals surface area contributed by atoms with Crippen LogP contribution in [0.15, 0.2) is 42.5 Å². The van der Waals surface area contributed by atoms with Crippen LogP contribution < -0.4 is 4.74 Å². The van der Waals surface area contributed by atoms with E-state index in [0.29, 0.717) is 11.3 Å². The van der Waals surface area contributed by atoms with Gasteiger partial charge in [0, 0.05) is 11.9 Å². The molecule has 25 heavy (non-hydrogen) atoms. The van der Waals surface area contributed by atoms with Crippen molar-refractivity contribution in [2.45, 2.75) is 26.3 Å². The predicted molar refractivity (Wildman–Crippen MR) is 98.6 cm³/mol. The molecular weight excluding hydrogens is 312 g/mol. The Labute approximate surface area is 147 Å². The average molecular weight is 334 g/mol. The number of aromatic amines is 1. The van der Waals surface area contributed by atoms with Gasteiger partial charge in [-0.25, -0.2) is 0 Å². The van der Waals surface area contributed by atoms with Crippen molar-refractivity contribution in [1.29, 1.82) is 5.26 Å². The van der Waals surface area contributed by atoms with Gasteiger partial charge in [0.2, 0.25) is 0 Å². The number of hydrogen-bond acceptors (Lipinski definition) is 4. The van der Waals surface area contributed by atoms with E-state index >= 15 is 0 Å². The number of nitrogens with one attached hydrogen (secondary N) is 1. The molecule has 1 aromatic heterocycles. The Bertz CT molecular complexity index is 877. The van der Waals surface area contributed by atoms with Crippen molar-refractivity contribution < 1.29 is 4.74 Å². The number of aromatic nitrogens is 2. The molecule has 3 aromatic rings. The zero-order chi connectivity index (χ0) is 17.6. The van der Waals surface area contributed by atoms with Crippen molar-refractivity contribution in [1.82, 2.24) is 15.1 Å². The molecule has 1 N–H and O–H groups in total. The smallest absolute Gasteiger partial charge is 0.128 e. The number of H-pyrrole nitrogens is 1. The fourth-order valence-corrected chi connectivity index (χ4v) is 2.74. The van der Waals surface area contributed by atoms with Crippen molar-refractivity contribution >= 4 is 10.9 Å². The Kier molecular flexibility index (Phi) is 5.32. The van der Waals surface area contributed by atoms with Gasteiger partial charge in [0.15, 0.2) is 0 Å². The zero-order valence-corrected chi connectivity index (χ0v) is 14.6. The number of nitriles is 1. The Morgan fingerprint density at radius 1 is 1.16 bits per heavy atom. The molecule has 3 rings (SSSR count). The summed E-state index contributed by atoms with van der Waals surface area (Å²) in [7, 11) is 2.12. The first-order valence-electron chi connectivity index (χ1n) is 8.53. The molecule has 128 valence electrons. The van der Waals surface area contributed by atoms with Crippen LogP contribution in [0.3, 0.4) is 0 Å². The van der Waals surface area contributed by atoms with Gasteiger partial charge < -0.3 is 9.64 Å². The number of ether oxygens (including phenoxy) is 1. The van der Waals surface area contributed by atoms with Crippen LogP contribution in [0.5, 0.6) is 11.5 Å². The zero-order valence-electron chi connectivity index (χ0n) is 14.6. The van der Waals surface area contributed by atoms with Crippen molar-refractivity contribution in [2.75, 3.05) is 13.6 Å². The molecule has 2 aromatic carbocycles. The van der Waals surface area contributed by atoms with Crippen LogP contribution in [-0.4, -0.2) is 28.7 Å². The van der Waals surface area contributed by atoms with Gasteiger partial charge in [-0.3, -0.25) is 5.10 Å². The lowest BCUT2D eigenvalue weighted by Crippen LogP contribution is -2.19. The van der Waals surface area contributed by atoms with E-state index in [0.717, 1.165) is 35.4 Å². The summed E-state index contributed by atoms with van der Waals surface area (Å²) in [6.45, 7) is 4.10. The van der Waals surface area contributed by atoms with Crippen LogP contribution >= 0.6 is 0 Å². The van der Waals surface area contributed by atoms with Crippen LogP contribution in [0.25, 0.3) is 10.9 Å². The van der Waals surface area contributed by atoms with E-state index in [1.807, 2.05) is 18.2 Å². The first-order chi connectivity index (χ1) is 12.2. The van der Waals surface area contributed by atoms with Gasteiger partial charge in [-0.15, -0.1) is 0 Å². The summed E-state index contributed by atoms with van der Waals surface area (Å²) < 4.78 is 5.92. The molecular formula is C20H22N4O. The molecule has 0 amide bonds. The molecule has 0 fully saturated rings. The molecule has 1 heterocycles. The normalized spacial score (nSPS) is 11.0. The number of fused-ring (bicyclic) bond motifs is 1. The lowest BCUT2D eigenvalue weighted by molar-refractivity contribution is 0.318. The summed E-state index contributed by atoms with van der Waals surface area (Å²) in [5, 5.41) is 17.5. The van der Waals surface area contributed by atoms with E-state index in [9.17, 15) is 0 Å². The lowest BCUT2D eigenvalue weighted by atomic mass is 10.2. The second-order valence-electron chi connectivity index (χ2n) is 6.21. The van der Waals surface area contributed by atoms with Crippen LogP contribution in [0.4, 0.5) is 0 Å². The molecule has 5 nitrogen and oxygen atoms in total. The van der Waals surface area contributed by atoms with Crippen LogP contribution in [0.1, 0.15) is 31.0 Å². The van der Waals surface area contributed by atoms with E-state index in [-0.39, 0.29) is 0 Å². The summed E-state index contributed by atoms with van der Waals surface area (Å²) in [6, 6.07) is 15.1. The maximum atomic E-state index is 8.86. The number of unbranched alkanes of at least 4 members (excludes halogenated alkanes) is 1. The molecule has 0 saturated carbocycles. The first kappa shape index (κ1) is 17.0. The predicted octanol–water partition coefficient (Wildman–Crippen LogP) is 4.46. The minimum absolute atomic E-state index is 0.620. The third-order valence-electron chi connectivity index (χ3n) is 4.14. The SMILES string of the molecule is CCCCN(C)Cc1[nH]nc2ccc(Oc3ccc(C#N)cc3)cc12. The van der Waals surface area contributed by atoms with Crippen LogP contribution in [-0.2, 0) is 6.54 Å². The van der Waals surface area contributed by atoms with Gasteiger partial charge in [-0.2, -0.15) is 10.4 Å². The van der Waals surface area contributed by atoms with Crippen LogP contribution in [0, 0.1) is 11.3 Å². The van der Waals surface area contributed by atoms with Gasteiger partial charge in [-0.05, 0) is 62.5 Å². The standard InChI is InChI=1S/C20H22N4O/c1-3-4-11-24(2)14-20-18-12-17(9-10-19(18)22-23-20)25-16-7-5-15(13-21)6-8-16/h5-10,12H,3-4,11,14H2,1-2H3,(H,22,23). The highest BCUT2D eigenvalue weighted by atomic mass is 16.5. The van der Waals surface area contributed by atoms with E-state index in [4.69, 9.17) is 10.00 Å². The fourth-order valence-electron chi connectivity index (χ4n) is 2.74. The molecule has 0 aliphatic heterocycles. The second-order valence-corrected chi connectivity index (χ2v) is 6.21. The quantitative estimate of drug-likeness (QED) is 0.693. The highest BCUT2D eigenvalue weighted by Crippen LogP contribution is 2.27. The largest absolute Gasteiger partial charge is 0.457 e. The first-order valence-corrected chi connectivity index (χ1v) is 8.53. The Morgan fingerprint density at radius 3 is 2.64 bits per heavy atom. The Hall–Kier alpha value is -2.84. The summed E-state index contributed by atoms with van der Waals surface area (Å²) in [5.74, 6) is 1.47. The van der Waals surface area contributed by atoms with Gasteiger partial charge in [0.25, 0.3) is 0 Å². The summed E-state index contributed by atoms with van der Waals surface area (Å²) in [6.07, 6.45) is 2.38. The third-order valence-corrected chi connectivity index (χ3v) is 4.14. The minimum Gasteiger partial charge on any atom is -0.457 e. The van der Waals surface area contributed by atoms with E-state index < -0.39 is 0 Å². The lowest BCUT2D eigenvalue weighted by Gasteiger charge is -2.15. The van der Waals surface area contributed by atoms with E-state index in [1.165, 1.54) is 12.8 Å². The molecule has 0 saturated heterocycles. The molecule has 0 radical (unpaired) electrons. The molecule has 0 bridgehead atoms. The summed E-state index contributed by atoms with van der Waals surface area (Å²) >= 11 is 0. The van der Waals surface area contributed by atoms with Crippen molar-refractivity contribution in [3.05, 3.63) is 53.7 Å². The molecule has 5 heteroatoms. The highest BCUT2D eigenvalue weighted by Gasteiger charge is 2.09. The topological polar surface area (TPSA) is 64.9 Å².